The van der Waals surface area contributed by atoms with Crippen molar-refractivity contribution < 1.29 is 17.2 Å². The van der Waals surface area contributed by atoms with E-state index in [0.717, 1.165) is 6.07 Å². The Labute approximate surface area is 99.9 Å². The molecule has 1 rings (SSSR count). The highest BCUT2D eigenvalue weighted by atomic mass is 79.9. The second-order valence-corrected chi connectivity index (χ2v) is 6.45. The van der Waals surface area contributed by atoms with Gasteiger partial charge in [-0.25, -0.2) is 17.2 Å². The molecule has 0 unspecified atom stereocenters. The van der Waals surface area contributed by atoms with E-state index >= 15 is 0 Å². The SMILES string of the molecule is O=S(=O)(Cl)c1c(F)c(Br)cc(Br)c1F. The predicted molar refractivity (Wildman–Crippen MR) is 54.8 cm³/mol. The molecule has 0 bridgehead atoms. The van der Waals surface area contributed by atoms with Gasteiger partial charge in [-0.3, -0.25) is 0 Å². The molecule has 0 saturated carbocycles. The molecule has 0 spiro atoms. The van der Waals surface area contributed by atoms with Crippen molar-refractivity contribution in [3.05, 3.63) is 26.6 Å². The number of hydrogen-bond donors (Lipinski definition) is 0. The summed E-state index contributed by atoms with van der Waals surface area (Å²) in [6.45, 7) is 0. The van der Waals surface area contributed by atoms with Gasteiger partial charge in [0.15, 0.2) is 16.5 Å². The van der Waals surface area contributed by atoms with Gasteiger partial charge in [-0.15, -0.1) is 0 Å². The van der Waals surface area contributed by atoms with Gasteiger partial charge in [0.25, 0.3) is 9.05 Å². The first-order valence-electron chi connectivity index (χ1n) is 3.03. The fraction of sp³-hybridized carbons (Fsp3) is 0. The fourth-order valence-corrected chi connectivity index (χ4v) is 3.24. The second-order valence-electron chi connectivity index (χ2n) is 2.24. The smallest absolute Gasteiger partial charge is 0.207 e. The van der Waals surface area contributed by atoms with Crippen molar-refractivity contribution in [2.45, 2.75) is 4.90 Å². The normalized spacial score (nSPS) is 11.8. The quantitative estimate of drug-likeness (QED) is 0.561. The van der Waals surface area contributed by atoms with Gasteiger partial charge < -0.3 is 0 Å². The Bertz CT molecular complexity index is 463. The van der Waals surface area contributed by atoms with Crippen molar-refractivity contribution in [1.29, 1.82) is 0 Å². The van der Waals surface area contributed by atoms with E-state index < -0.39 is 25.6 Å². The number of hydrogen-bond acceptors (Lipinski definition) is 2. The summed E-state index contributed by atoms with van der Waals surface area (Å²) in [6, 6.07) is 1.05. The van der Waals surface area contributed by atoms with Crippen molar-refractivity contribution in [2.24, 2.45) is 0 Å². The van der Waals surface area contributed by atoms with Crippen molar-refractivity contribution in [3.63, 3.8) is 0 Å². The average molecular weight is 370 g/mol. The molecule has 0 aliphatic carbocycles. The summed E-state index contributed by atoms with van der Waals surface area (Å²) in [5.74, 6) is -2.50. The van der Waals surface area contributed by atoms with Crippen LogP contribution in [0.5, 0.6) is 0 Å². The van der Waals surface area contributed by atoms with Crippen molar-refractivity contribution >= 4 is 51.6 Å². The van der Waals surface area contributed by atoms with E-state index in [2.05, 4.69) is 31.9 Å². The first kappa shape index (κ1) is 12.4. The molecule has 1 aromatic rings. The third-order valence-corrected chi connectivity index (χ3v) is 3.78. The van der Waals surface area contributed by atoms with E-state index in [1.807, 2.05) is 0 Å². The minimum Gasteiger partial charge on any atom is -0.207 e. The van der Waals surface area contributed by atoms with Crippen LogP contribution in [0.3, 0.4) is 0 Å². The van der Waals surface area contributed by atoms with E-state index in [1.54, 1.807) is 0 Å². The van der Waals surface area contributed by atoms with Gasteiger partial charge in [0.2, 0.25) is 0 Å². The minimum atomic E-state index is -4.45. The van der Waals surface area contributed by atoms with Crippen LogP contribution in [0.2, 0.25) is 0 Å². The molecule has 0 fully saturated rings. The van der Waals surface area contributed by atoms with E-state index in [9.17, 15) is 17.2 Å². The van der Waals surface area contributed by atoms with Gasteiger partial charge >= 0.3 is 0 Å². The van der Waals surface area contributed by atoms with Gasteiger partial charge in [-0.1, -0.05) is 0 Å². The minimum absolute atomic E-state index is 0.190. The molecule has 0 radical (unpaired) electrons. The summed E-state index contributed by atoms with van der Waals surface area (Å²) in [6.07, 6.45) is 0. The molecule has 0 aromatic heterocycles. The molecule has 78 valence electrons. The predicted octanol–water partition coefficient (Wildman–Crippen LogP) is 3.42. The van der Waals surface area contributed by atoms with Crippen LogP contribution in [0.4, 0.5) is 8.78 Å². The lowest BCUT2D eigenvalue weighted by Gasteiger charge is -2.04. The van der Waals surface area contributed by atoms with Gasteiger partial charge in [-0.2, -0.15) is 0 Å². The van der Waals surface area contributed by atoms with Gasteiger partial charge in [0.1, 0.15) is 0 Å². The number of halogens is 5. The summed E-state index contributed by atoms with van der Waals surface area (Å²) < 4.78 is 47.6. The lowest BCUT2D eigenvalue weighted by atomic mass is 10.3. The fourth-order valence-electron chi connectivity index (χ4n) is 0.765. The Morgan fingerprint density at radius 3 is 1.79 bits per heavy atom. The van der Waals surface area contributed by atoms with Crippen molar-refractivity contribution in [1.82, 2.24) is 0 Å². The maximum absolute atomic E-state index is 13.2. The van der Waals surface area contributed by atoms with Crippen molar-refractivity contribution in [3.8, 4) is 0 Å². The molecule has 0 saturated heterocycles. The lowest BCUT2D eigenvalue weighted by Crippen LogP contribution is -2.01. The molecule has 0 atom stereocenters. The highest BCUT2D eigenvalue weighted by Crippen LogP contribution is 2.32. The first-order chi connectivity index (χ1) is 6.25. The van der Waals surface area contributed by atoms with Crippen LogP contribution in [0, 0.1) is 11.6 Å². The third kappa shape index (κ3) is 2.26. The van der Waals surface area contributed by atoms with Crippen molar-refractivity contribution in [2.75, 3.05) is 0 Å². The molecule has 2 nitrogen and oxygen atoms in total. The molecule has 8 heteroatoms. The molecule has 0 aliphatic rings. The summed E-state index contributed by atoms with van der Waals surface area (Å²) in [5.41, 5.74) is 0. The Morgan fingerprint density at radius 1 is 1.14 bits per heavy atom. The van der Waals surface area contributed by atoms with E-state index in [-0.39, 0.29) is 8.95 Å². The number of benzene rings is 1. The monoisotopic (exact) mass is 368 g/mol. The van der Waals surface area contributed by atoms with Gasteiger partial charge in [0.05, 0.1) is 8.95 Å². The van der Waals surface area contributed by atoms with Crippen LogP contribution in [-0.4, -0.2) is 8.42 Å². The summed E-state index contributed by atoms with van der Waals surface area (Å²) in [5, 5.41) is 0. The summed E-state index contributed by atoms with van der Waals surface area (Å²) in [4.78, 5) is -1.17. The zero-order valence-corrected chi connectivity index (χ0v) is 10.9. The molecular weight excluding hydrogens is 369 g/mol. The van der Waals surface area contributed by atoms with Crippen LogP contribution in [0.25, 0.3) is 0 Å². The standard InChI is InChI=1S/C6HBr2ClF2O2S/c7-2-1-3(8)5(11)6(4(2)10)14(9,12)13/h1H. The van der Waals surface area contributed by atoms with Crippen LogP contribution in [0.1, 0.15) is 0 Å². The summed E-state index contributed by atoms with van der Waals surface area (Å²) in [7, 11) is 0.417. The molecule has 0 aliphatic heterocycles. The molecule has 1 aromatic carbocycles. The Morgan fingerprint density at radius 2 is 1.50 bits per heavy atom. The van der Waals surface area contributed by atoms with Crippen LogP contribution < -0.4 is 0 Å². The lowest BCUT2D eigenvalue weighted by molar-refractivity contribution is 0.516. The molecular formula is C6HBr2ClF2O2S. The Hall–Kier alpha value is 0.280. The highest BCUT2D eigenvalue weighted by Gasteiger charge is 2.26. The maximum atomic E-state index is 13.2. The van der Waals surface area contributed by atoms with E-state index in [1.165, 1.54) is 0 Å². The van der Waals surface area contributed by atoms with Gasteiger partial charge in [0, 0.05) is 10.7 Å². The largest absolute Gasteiger partial charge is 0.267 e. The van der Waals surface area contributed by atoms with Gasteiger partial charge in [-0.05, 0) is 37.9 Å². The molecule has 0 amide bonds. The van der Waals surface area contributed by atoms with E-state index in [4.69, 9.17) is 10.7 Å². The number of rotatable bonds is 1. The zero-order chi connectivity index (χ0) is 11.1. The topological polar surface area (TPSA) is 34.1 Å². The average Bonchev–Trinajstić information content (AvgIpc) is 1.98. The Balaban J connectivity index is 3.74. The van der Waals surface area contributed by atoms with Crippen LogP contribution in [-0.2, 0) is 9.05 Å². The van der Waals surface area contributed by atoms with Crippen LogP contribution >= 0.6 is 42.5 Å². The maximum Gasteiger partial charge on any atom is 0.267 e. The Kier molecular flexibility index (Phi) is 3.56. The first-order valence-corrected chi connectivity index (χ1v) is 6.92. The highest BCUT2D eigenvalue weighted by molar-refractivity contribution is 9.11. The third-order valence-electron chi connectivity index (χ3n) is 1.32. The molecule has 0 heterocycles. The summed E-state index contributed by atoms with van der Waals surface area (Å²) >= 11 is 5.46. The van der Waals surface area contributed by atoms with Crippen LogP contribution in [0.15, 0.2) is 19.9 Å². The second kappa shape index (κ2) is 4.03. The molecule has 0 N–H and O–H groups in total. The zero-order valence-electron chi connectivity index (χ0n) is 6.19. The van der Waals surface area contributed by atoms with E-state index in [0.29, 0.717) is 0 Å². The molecule has 14 heavy (non-hydrogen) atoms.